The molecule has 0 spiro atoms. The molecule has 0 aromatic carbocycles. The third kappa shape index (κ3) is 2.22. The molecule has 3 rings (SSSR count). The number of hydrogen-bond donors (Lipinski definition) is 1. The van der Waals surface area contributed by atoms with Gasteiger partial charge in [0, 0.05) is 20.2 Å². The Morgan fingerprint density at radius 3 is 2.84 bits per heavy atom. The number of nitrogens with zero attached hydrogens (tertiary/aromatic N) is 3. The summed E-state index contributed by atoms with van der Waals surface area (Å²) in [7, 11) is -2.09. The second-order valence-electron chi connectivity index (χ2n) is 4.82. The molecule has 9 heteroatoms. The molecular weight excluding hydrogens is 272 g/mol. The van der Waals surface area contributed by atoms with Gasteiger partial charge in [0.1, 0.15) is 6.61 Å². The van der Waals surface area contributed by atoms with Crippen molar-refractivity contribution in [1.29, 1.82) is 0 Å². The van der Waals surface area contributed by atoms with Crippen LogP contribution in [0.15, 0.2) is 11.1 Å². The van der Waals surface area contributed by atoms with Gasteiger partial charge in [0.05, 0.1) is 24.9 Å². The maximum absolute atomic E-state index is 11.3. The minimum atomic E-state index is -3.78. The van der Waals surface area contributed by atoms with E-state index < -0.39 is 10.0 Å². The number of likely N-dealkylation sites (tertiary alicyclic amines) is 1. The van der Waals surface area contributed by atoms with E-state index in [9.17, 15) is 8.42 Å². The van der Waals surface area contributed by atoms with E-state index in [1.54, 1.807) is 11.8 Å². The van der Waals surface area contributed by atoms with E-state index in [2.05, 4.69) is 10.00 Å². The third-order valence-electron chi connectivity index (χ3n) is 3.59. The number of ether oxygens (including phenoxy) is 2. The highest BCUT2D eigenvalue weighted by Crippen LogP contribution is 2.28. The van der Waals surface area contributed by atoms with Crippen molar-refractivity contribution in [3.63, 3.8) is 0 Å². The van der Waals surface area contributed by atoms with E-state index in [0.29, 0.717) is 13.2 Å². The molecule has 106 valence electrons. The van der Waals surface area contributed by atoms with E-state index in [4.69, 9.17) is 14.6 Å². The van der Waals surface area contributed by atoms with Crippen molar-refractivity contribution >= 4 is 10.0 Å². The Morgan fingerprint density at radius 1 is 1.47 bits per heavy atom. The zero-order chi connectivity index (χ0) is 13.6. The fraction of sp³-hybridized carbons (Fsp3) is 0.700. The summed E-state index contributed by atoms with van der Waals surface area (Å²) in [5, 5.41) is 9.13. The van der Waals surface area contributed by atoms with Gasteiger partial charge in [-0.2, -0.15) is 5.10 Å². The zero-order valence-electron chi connectivity index (χ0n) is 10.5. The molecule has 8 nitrogen and oxygen atoms in total. The molecule has 2 aliphatic heterocycles. The van der Waals surface area contributed by atoms with E-state index in [0.717, 1.165) is 13.1 Å². The number of rotatable bonds is 3. The van der Waals surface area contributed by atoms with E-state index in [1.165, 1.54) is 6.20 Å². The standard InChI is InChI=1S/C10H16N4O4S/c1-17-8-4-13(5-8)7-3-14-10(18-6-7)9(2-12-14)19(11,15)16/h2,7-8H,3-6H2,1H3,(H2,11,15,16)/t7-/m0/s1. The summed E-state index contributed by atoms with van der Waals surface area (Å²) in [5.41, 5.74) is 0. The Balaban J connectivity index is 1.74. The molecule has 19 heavy (non-hydrogen) atoms. The Kier molecular flexibility index (Phi) is 3.01. The molecule has 0 unspecified atom stereocenters. The van der Waals surface area contributed by atoms with Crippen LogP contribution in [-0.4, -0.2) is 62.1 Å². The third-order valence-corrected chi connectivity index (χ3v) is 4.48. The van der Waals surface area contributed by atoms with E-state index >= 15 is 0 Å². The SMILES string of the molecule is COC1CN([C@@H]2COc3c(S(N)(=O)=O)cnn3C2)C1. The van der Waals surface area contributed by atoms with Crippen molar-refractivity contribution in [2.45, 2.75) is 23.6 Å². The molecule has 0 radical (unpaired) electrons. The summed E-state index contributed by atoms with van der Waals surface area (Å²) < 4.78 is 35.0. The number of hydrogen-bond acceptors (Lipinski definition) is 6. The smallest absolute Gasteiger partial charge is 0.245 e. The number of nitrogens with two attached hydrogens (primary N) is 1. The first kappa shape index (κ1) is 12.9. The highest BCUT2D eigenvalue weighted by atomic mass is 32.2. The minimum Gasteiger partial charge on any atom is -0.475 e. The second-order valence-corrected chi connectivity index (χ2v) is 6.35. The summed E-state index contributed by atoms with van der Waals surface area (Å²) in [5.74, 6) is 0.238. The topological polar surface area (TPSA) is 99.7 Å². The zero-order valence-corrected chi connectivity index (χ0v) is 11.3. The van der Waals surface area contributed by atoms with Crippen molar-refractivity contribution in [3.8, 4) is 5.88 Å². The number of sulfonamides is 1. The van der Waals surface area contributed by atoms with Gasteiger partial charge in [-0.3, -0.25) is 4.90 Å². The maximum atomic E-state index is 11.3. The van der Waals surface area contributed by atoms with Crippen LogP contribution in [0.4, 0.5) is 0 Å². The van der Waals surface area contributed by atoms with Gasteiger partial charge in [-0.15, -0.1) is 0 Å². The molecule has 2 N–H and O–H groups in total. The average Bonchev–Trinajstić information content (AvgIpc) is 2.70. The first-order chi connectivity index (χ1) is 8.99. The summed E-state index contributed by atoms with van der Waals surface area (Å²) in [4.78, 5) is 2.18. The predicted molar refractivity (Wildman–Crippen MR) is 65.3 cm³/mol. The van der Waals surface area contributed by atoms with Gasteiger partial charge in [-0.25, -0.2) is 18.2 Å². The molecular formula is C10H16N4O4S. The van der Waals surface area contributed by atoms with Crippen LogP contribution in [0.5, 0.6) is 5.88 Å². The molecule has 1 saturated heterocycles. The Labute approximate surface area is 111 Å². The Morgan fingerprint density at radius 2 is 2.21 bits per heavy atom. The molecule has 2 aliphatic rings. The van der Waals surface area contributed by atoms with Crippen molar-refractivity contribution in [1.82, 2.24) is 14.7 Å². The van der Waals surface area contributed by atoms with Gasteiger partial charge < -0.3 is 9.47 Å². The van der Waals surface area contributed by atoms with Crippen LogP contribution in [0.1, 0.15) is 0 Å². The maximum Gasteiger partial charge on any atom is 0.245 e. The van der Waals surface area contributed by atoms with Gasteiger partial charge in [-0.1, -0.05) is 0 Å². The van der Waals surface area contributed by atoms with Crippen molar-refractivity contribution in [2.24, 2.45) is 5.14 Å². The van der Waals surface area contributed by atoms with Crippen molar-refractivity contribution < 1.29 is 17.9 Å². The molecule has 0 saturated carbocycles. The number of fused-ring (bicyclic) bond motifs is 1. The predicted octanol–water partition coefficient (Wildman–Crippen LogP) is -1.38. The summed E-state index contributed by atoms with van der Waals surface area (Å²) in [6.45, 7) is 2.76. The molecule has 0 amide bonds. The van der Waals surface area contributed by atoms with Crippen LogP contribution in [0.3, 0.4) is 0 Å². The highest BCUT2D eigenvalue weighted by Gasteiger charge is 2.36. The van der Waals surface area contributed by atoms with E-state index in [-0.39, 0.29) is 22.9 Å². The lowest BCUT2D eigenvalue weighted by Gasteiger charge is -2.44. The second kappa shape index (κ2) is 4.44. The summed E-state index contributed by atoms with van der Waals surface area (Å²) in [6.07, 6.45) is 1.51. The van der Waals surface area contributed by atoms with E-state index in [1.807, 2.05) is 0 Å². The van der Waals surface area contributed by atoms with Crippen LogP contribution in [-0.2, 0) is 21.3 Å². The van der Waals surface area contributed by atoms with Gasteiger partial charge >= 0.3 is 0 Å². The van der Waals surface area contributed by atoms with Crippen LogP contribution >= 0.6 is 0 Å². The number of methoxy groups -OCH3 is 1. The van der Waals surface area contributed by atoms with Crippen LogP contribution in [0.25, 0.3) is 0 Å². The molecule has 1 aromatic rings. The number of aromatic nitrogens is 2. The quantitative estimate of drug-likeness (QED) is 0.736. The molecule has 3 heterocycles. The largest absolute Gasteiger partial charge is 0.475 e. The average molecular weight is 288 g/mol. The first-order valence-corrected chi connectivity index (χ1v) is 7.52. The fourth-order valence-corrected chi connectivity index (χ4v) is 2.99. The Bertz CT molecular complexity index is 578. The normalized spacial score (nSPS) is 24.6. The van der Waals surface area contributed by atoms with Crippen LogP contribution < -0.4 is 9.88 Å². The highest BCUT2D eigenvalue weighted by molar-refractivity contribution is 7.89. The van der Waals surface area contributed by atoms with Gasteiger partial charge in [-0.05, 0) is 0 Å². The molecule has 1 aromatic heterocycles. The Hall–Kier alpha value is -1.16. The summed E-state index contributed by atoms with van der Waals surface area (Å²) >= 11 is 0. The first-order valence-electron chi connectivity index (χ1n) is 5.97. The van der Waals surface area contributed by atoms with Crippen molar-refractivity contribution in [2.75, 3.05) is 26.8 Å². The molecule has 1 fully saturated rings. The lowest BCUT2D eigenvalue weighted by molar-refractivity contribution is -0.0687. The van der Waals surface area contributed by atoms with Gasteiger partial charge in [0.25, 0.3) is 0 Å². The van der Waals surface area contributed by atoms with Crippen LogP contribution in [0.2, 0.25) is 0 Å². The monoisotopic (exact) mass is 288 g/mol. The molecule has 0 aliphatic carbocycles. The molecule has 1 atom stereocenters. The fourth-order valence-electron chi connectivity index (χ4n) is 2.39. The lowest BCUT2D eigenvalue weighted by Crippen LogP contribution is -2.59. The van der Waals surface area contributed by atoms with Gasteiger partial charge in [0.15, 0.2) is 4.90 Å². The summed E-state index contributed by atoms with van der Waals surface area (Å²) in [6, 6.07) is 0.187. The molecule has 0 bridgehead atoms. The minimum absolute atomic E-state index is 0.0515. The number of primary sulfonamides is 1. The van der Waals surface area contributed by atoms with Gasteiger partial charge in [0.2, 0.25) is 15.9 Å². The van der Waals surface area contributed by atoms with Crippen LogP contribution in [0, 0.1) is 0 Å². The van der Waals surface area contributed by atoms with Crippen molar-refractivity contribution in [3.05, 3.63) is 6.20 Å². The lowest BCUT2D eigenvalue weighted by atomic mass is 10.1.